The molecule has 0 spiro atoms. The van der Waals surface area contributed by atoms with Crippen molar-refractivity contribution in [3.8, 4) is 0 Å². The lowest BCUT2D eigenvalue weighted by Gasteiger charge is -2.07. The van der Waals surface area contributed by atoms with E-state index in [1.165, 1.54) is 0 Å². The van der Waals surface area contributed by atoms with E-state index in [9.17, 15) is 0 Å². The maximum atomic E-state index is 5.36. The van der Waals surface area contributed by atoms with E-state index in [2.05, 4.69) is 38.0 Å². The predicted octanol–water partition coefficient (Wildman–Crippen LogP) is 2.00. The minimum Gasteiger partial charge on any atom is -0.326 e. The van der Waals surface area contributed by atoms with Crippen molar-refractivity contribution in [2.24, 2.45) is 21.7 Å². The fourth-order valence-electron chi connectivity index (χ4n) is 0.658. The Morgan fingerprint density at radius 3 is 2.73 bits per heavy atom. The third kappa shape index (κ3) is 7.04. The van der Waals surface area contributed by atoms with Crippen molar-refractivity contribution in [1.82, 2.24) is 5.43 Å². The summed E-state index contributed by atoms with van der Waals surface area (Å²) in [7, 11) is 0. The first-order chi connectivity index (χ1) is 7.11. The zero-order chi connectivity index (χ0) is 11.7. The van der Waals surface area contributed by atoms with E-state index in [0.29, 0.717) is 6.54 Å². The second-order valence-electron chi connectivity index (χ2n) is 3.18. The molecule has 4 nitrogen and oxygen atoms in total. The van der Waals surface area contributed by atoms with Crippen molar-refractivity contribution < 1.29 is 0 Å². The van der Waals surface area contributed by atoms with Crippen LogP contribution in [0.1, 0.15) is 13.8 Å². The van der Waals surface area contributed by atoms with E-state index < -0.39 is 0 Å². The molecule has 0 aromatic rings. The summed E-state index contributed by atoms with van der Waals surface area (Å²) < 4.78 is 0. The van der Waals surface area contributed by atoms with Crippen LogP contribution in [0, 0.1) is 5.92 Å². The van der Waals surface area contributed by atoms with Crippen LogP contribution in [0.15, 0.2) is 33.4 Å². The van der Waals surface area contributed by atoms with Gasteiger partial charge in [0.1, 0.15) is 5.84 Å². The molecule has 0 aromatic heterocycles. The molecule has 0 radical (unpaired) electrons. The number of hydrazone groups is 1. The number of hydrogen-bond acceptors (Lipinski definition) is 3. The molecule has 0 fully saturated rings. The lowest BCUT2D eigenvalue weighted by molar-refractivity contribution is 0.816. The smallest absolute Gasteiger partial charge is 0.124 e. The van der Waals surface area contributed by atoms with Crippen molar-refractivity contribution in [2.45, 2.75) is 13.8 Å². The van der Waals surface area contributed by atoms with Crippen molar-refractivity contribution in [3.05, 3.63) is 23.3 Å². The Hall–Kier alpha value is -0.940. The molecule has 84 valence electrons. The van der Waals surface area contributed by atoms with Crippen LogP contribution >= 0.6 is 15.9 Å². The number of halogens is 1. The van der Waals surface area contributed by atoms with Gasteiger partial charge in [-0.3, -0.25) is 5.43 Å². The van der Waals surface area contributed by atoms with Gasteiger partial charge in [0.15, 0.2) is 0 Å². The Morgan fingerprint density at radius 2 is 2.27 bits per heavy atom. The highest BCUT2D eigenvalue weighted by Crippen LogP contribution is 1.96. The molecular weight excluding hydrogens is 256 g/mol. The van der Waals surface area contributed by atoms with Gasteiger partial charge in [0.05, 0.1) is 6.21 Å². The van der Waals surface area contributed by atoms with Gasteiger partial charge in [-0.05, 0) is 10.6 Å². The van der Waals surface area contributed by atoms with Gasteiger partial charge >= 0.3 is 0 Å². The van der Waals surface area contributed by atoms with Crippen LogP contribution in [0.5, 0.6) is 0 Å². The van der Waals surface area contributed by atoms with Crippen molar-refractivity contribution in [3.63, 3.8) is 0 Å². The van der Waals surface area contributed by atoms with Gasteiger partial charge < -0.3 is 5.73 Å². The van der Waals surface area contributed by atoms with Gasteiger partial charge in [0.2, 0.25) is 0 Å². The van der Waals surface area contributed by atoms with Crippen LogP contribution in [0.2, 0.25) is 0 Å². The topological polar surface area (TPSA) is 62.8 Å². The Balaban J connectivity index is 4.31. The second-order valence-corrected chi connectivity index (χ2v) is 3.71. The summed E-state index contributed by atoms with van der Waals surface area (Å²) >= 11 is 3.15. The normalized spacial score (nSPS) is 13.0. The first kappa shape index (κ1) is 14.1. The number of nitrogens with two attached hydrogens (primary N) is 1. The Morgan fingerprint density at radius 1 is 1.60 bits per heavy atom. The zero-order valence-corrected chi connectivity index (χ0v) is 10.7. The van der Waals surface area contributed by atoms with Gasteiger partial charge in [-0.2, -0.15) is 5.10 Å². The number of nitrogens with one attached hydrogen (secondary N) is 1. The summed E-state index contributed by atoms with van der Waals surface area (Å²) in [6.45, 7) is 8.16. The molecule has 0 bridgehead atoms. The summed E-state index contributed by atoms with van der Waals surface area (Å²) in [6.07, 6.45) is 3.24. The summed E-state index contributed by atoms with van der Waals surface area (Å²) in [5.41, 5.74) is 8.98. The second kappa shape index (κ2) is 8.38. The van der Waals surface area contributed by atoms with Gasteiger partial charge in [-0.15, -0.1) is 0 Å². The van der Waals surface area contributed by atoms with E-state index >= 15 is 0 Å². The van der Waals surface area contributed by atoms with Gasteiger partial charge in [-0.25, -0.2) is 4.99 Å². The third-order valence-electron chi connectivity index (χ3n) is 1.51. The number of aliphatic imine (C=N–C) groups is 1. The Kier molecular flexibility index (Phi) is 7.85. The Bertz CT molecular complexity index is 279. The molecule has 5 heteroatoms. The fourth-order valence-corrected chi connectivity index (χ4v) is 0.776. The number of hydrogen-bond donors (Lipinski definition) is 2. The molecular formula is C10H17BrN4. The Labute approximate surface area is 99.2 Å². The van der Waals surface area contributed by atoms with Crippen LogP contribution in [-0.2, 0) is 0 Å². The molecule has 0 saturated heterocycles. The molecule has 0 saturated carbocycles. The maximum absolute atomic E-state index is 5.36. The van der Waals surface area contributed by atoms with Crippen LogP contribution in [-0.4, -0.2) is 18.6 Å². The number of rotatable bonds is 5. The van der Waals surface area contributed by atoms with Crippen LogP contribution in [0.3, 0.4) is 0 Å². The maximum Gasteiger partial charge on any atom is 0.124 e. The van der Waals surface area contributed by atoms with Crippen molar-refractivity contribution in [1.29, 1.82) is 0 Å². The molecule has 3 N–H and O–H groups in total. The first-order valence-electron chi connectivity index (χ1n) is 4.61. The van der Waals surface area contributed by atoms with Crippen LogP contribution in [0.25, 0.3) is 0 Å². The fraction of sp³-hybridized carbons (Fsp3) is 0.400. The van der Waals surface area contributed by atoms with Crippen LogP contribution < -0.4 is 11.2 Å². The van der Waals surface area contributed by atoms with Gasteiger partial charge in [0.25, 0.3) is 0 Å². The SMILES string of the molecule is C=C(/C=N/NC(=N/C=C/Br)C(C)C)CN. The average molecular weight is 273 g/mol. The van der Waals surface area contributed by atoms with E-state index in [4.69, 9.17) is 5.73 Å². The highest BCUT2D eigenvalue weighted by molar-refractivity contribution is 9.11. The average Bonchev–Trinajstić information content (AvgIpc) is 2.22. The molecule has 0 heterocycles. The first-order valence-corrected chi connectivity index (χ1v) is 5.53. The van der Waals surface area contributed by atoms with Gasteiger partial charge in [0, 0.05) is 18.7 Å². The molecule has 0 aliphatic heterocycles. The number of amidine groups is 1. The summed E-state index contributed by atoms with van der Waals surface area (Å²) in [5, 5.41) is 3.98. The van der Waals surface area contributed by atoms with Crippen molar-refractivity contribution in [2.75, 3.05) is 6.54 Å². The minimum atomic E-state index is 0.275. The van der Waals surface area contributed by atoms with Crippen LogP contribution in [0.4, 0.5) is 0 Å². The van der Waals surface area contributed by atoms with E-state index in [1.54, 1.807) is 17.4 Å². The summed E-state index contributed by atoms with van der Waals surface area (Å²) in [6, 6.07) is 0. The molecule has 0 aliphatic rings. The molecule has 0 aliphatic carbocycles. The minimum absolute atomic E-state index is 0.275. The lowest BCUT2D eigenvalue weighted by Crippen LogP contribution is -2.23. The summed E-state index contributed by atoms with van der Waals surface area (Å²) in [5.74, 6) is 1.06. The van der Waals surface area contributed by atoms with Crippen molar-refractivity contribution >= 4 is 28.0 Å². The predicted molar refractivity (Wildman–Crippen MR) is 70.2 cm³/mol. The third-order valence-corrected chi connectivity index (χ3v) is 1.74. The van der Waals surface area contributed by atoms with E-state index in [-0.39, 0.29) is 5.92 Å². The molecule has 0 atom stereocenters. The highest BCUT2D eigenvalue weighted by atomic mass is 79.9. The highest BCUT2D eigenvalue weighted by Gasteiger charge is 2.01. The molecule has 0 aromatic carbocycles. The molecule has 0 amide bonds. The largest absolute Gasteiger partial charge is 0.326 e. The standard InChI is InChI=1S/C10H17BrN4/c1-8(2)10(13-5-4-11)15-14-7-9(3)6-12/h4-5,7-8H,3,6,12H2,1-2H3,(H,13,15)/b5-4+,14-7+. The quantitative estimate of drug-likeness (QED) is 0.457. The molecule has 15 heavy (non-hydrogen) atoms. The van der Waals surface area contributed by atoms with E-state index in [0.717, 1.165) is 11.4 Å². The lowest BCUT2D eigenvalue weighted by atomic mass is 10.2. The summed E-state index contributed by atoms with van der Waals surface area (Å²) in [4.78, 5) is 5.85. The zero-order valence-electron chi connectivity index (χ0n) is 9.07. The van der Waals surface area contributed by atoms with E-state index in [1.807, 2.05) is 13.8 Å². The number of nitrogens with zero attached hydrogens (tertiary/aromatic N) is 2. The monoisotopic (exact) mass is 272 g/mol. The molecule has 0 unspecified atom stereocenters. The molecule has 0 rings (SSSR count). The van der Waals surface area contributed by atoms with Gasteiger partial charge in [-0.1, -0.05) is 36.4 Å².